The van der Waals surface area contributed by atoms with Gasteiger partial charge in [0.15, 0.2) is 0 Å². The first-order valence-corrected chi connectivity index (χ1v) is 11.9. The Kier molecular flexibility index (Phi) is 5.55. The molecule has 33 heavy (non-hydrogen) atoms. The number of carboxylic acids is 1. The molecule has 2 N–H and O–H groups in total. The lowest BCUT2D eigenvalue weighted by Gasteiger charge is -2.30. The van der Waals surface area contributed by atoms with E-state index in [0.717, 1.165) is 39.1 Å². The first-order valence-electron chi connectivity index (χ1n) is 10.2. The van der Waals surface area contributed by atoms with E-state index in [-0.39, 0.29) is 4.87 Å². The molecule has 168 valence electrons. The van der Waals surface area contributed by atoms with E-state index in [1.54, 1.807) is 12.1 Å². The Morgan fingerprint density at radius 3 is 2.61 bits per heavy atom. The number of hydrogen-bond acceptors (Lipinski definition) is 7. The van der Waals surface area contributed by atoms with Crippen LogP contribution >= 0.6 is 23.1 Å². The van der Waals surface area contributed by atoms with Crippen LogP contribution in [-0.2, 0) is 21.0 Å². The lowest BCUT2D eigenvalue weighted by molar-refractivity contribution is -0.149. The van der Waals surface area contributed by atoms with E-state index in [2.05, 4.69) is 4.98 Å². The number of rotatable bonds is 6. The Morgan fingerprint density at radius 2 is 1.85 bits per heavy atom. The van der Waals surface area contributed by atoms with Crippen molar-refractivity contribution >= 4 is 40.9 Å². The van der Waals surface area contributed by atoms with Crippen molar-refractivity contribution in [3.63, 3.8) is 0 Å². The third-order valence-corrected chi connectivity index (χ3v) is 8.08. The maximum absolute atomic E-state index is 13.2. The highest BCUT2D eigenvalue weighted by Gasteiger charge is 2.56. The molecule has 3 atom stereocenters. The second-order valence-corrected chi connectivity index (χ2v) is 9.92. The van der Waals surface area contributed by atoms with E-state index in [0.29, 0.717) is 22.3 Å². The van der Waals surface area contributed by atoms with Gasteiger partial charge in [0.1, 0.15) is 24.2 Å². The molecular weight excluding hydrogens is 464 g/mol. The summed E-state index contributed by atoms with van der Waals surface area (Å²) in [7, 11) is 0. The molecule has 5 rings (SSSR count). The van der Waals surface area contributed by atoms with Crippen molar-refractivity contribution in [2.45, 2.75) is 22.8 Å². The van der Waals surface area contributed by atoms with Crippen LogP contribution in [0.15, 0.2) is 64.4 Å². The van der Waals surface area contributed by atoms with Gasteiger partial charge in [-0.2, -0.15) is 0 Å². The molecule has 2 aliphatic heterocycles. The summed E-state index contributed by atoms with van der Waals surface area (Å²) >= 11 is 2.13. The third kappa shape index (κ3) is 3.96. The van der Waals surface area contributed by atoms with E-state index >= 15 is 0 Å². The van der Waals surface area contributed by atoms with Crippen LogP contribution in [0.3, 0.4) is 0 Å². The number of aromatic nitrogens is 1. The zero-order chi connectivity index (χ0) is 23.1. The van der Waals surface area contributed by atoms with Crippen LogP contribution in [0.4, 0.5) is 0 Å². The lowest BCUT2D eigenvalue weighted by Crippen LogP contribution is -2.36. The van der Waals surface area contributed by atoms with Crippen LogP contribution < -0.4 is 9.61 Å². The van der Waals surface area contributed by atoms with Crippen LogP contribution in [0.2, 0.25) is 0 Å². The third-order valence-electron chi connectivity index (χ3n) is 5.67. The minimum absolute atomic E-state index is 0.267. The number of aromatic amines is 1. The van der Waals surface area contributed by atoms with Crippen molar-refractivity contribution < 1.29 is 24.2 Å². The van der Waals surface area contributed by atoms with E-state index in [1.165, 1.54) is 0 Å². The molecule has 10 heteroatoms. The molecule has 3 heterocycles. The zero-order valence-corrected chi connectivity index (χ0v) is 18.7. The fourth-order valence-corrected chi connectivity index (χ4v) is 6.80. The number of thioether (sulfide) groups is 1. The van der Waals surface area contributed by atoms with Gasteiger partial charge in [0, 0.05) is 10.8 Å². The topological polar surface area (TPSA) is 117 Å². The van der Waals surface area contributed by atoms with Gasteiger partial charge in [-0.15, -0.1) is 0 Å². The number of H-pyrrole nitrogens is 1. The van der Waals surface area contributed by atoms with E-state index in [4.69, 9.17) is 4.74 Å². The van der Waals surface area contributed by atoms with E-state index in [1.807, 2.05) is 42.5 Å². The van der Waals surface area contributed by atoms with Crippen molar-refractivity contribution in [2.75, 3.05) is 6.54 Å². The monoisotopic (exact) mass is 482 g/mol. The molecule has 0 spiro atoms. The van der Waals surface area contributed by atoms with Crippen molar-refractivity contribution in [2.24, 2.45) is 5.92 Å². The molecule has 8 nitrogen and oxygen atoms in total. The van der Waals surface area contributed by atoms with Crippen molar-refractivity contribution in [3.8, 4) is 5.75 Å². The summed E-state index contributed by atoms with van der Waals surface area (Å²) in [5.74, 6) is -3.11. The predicted molar refractivity (Wildman–Crippen MR) is 121 cm³/mol. The molecule has 0 aliphatic carbocycles. The number of carboxylic acid groups (broad SMARTS) is 1. The predicted octanol–water partition coefficient (Wildman–Crippen LogP) is 2.69. The number of imide groups is 1. The van der Waals surface area contributed by atoms with Crippen molar-refractivity contribution in [1.29, 1.82) is 0 Å². The highest BCUT2D eigenvalue weighted by molar-refractivity contribution is 8.00. The van der Waals surface area contributed by atoms with Gasteiger partial charge in [-0.05, 0) is 23.3 Å². The average Bonchev–Trinajstić information content (AvgIpc) is 3.29. The maximum Gasteiger partial charge on any atom is 0.323 e. The molecule has 1 aromatic heterocycles. The number of thiazole rings is 1. The van der Waals surface area contributed by atoms with Crippen LogP contribution in [-0.4, -0.2) is 44.6 Å². The maximum atomic E-state index is 13.2. The SMILES string of the molecule is O=C(O)CN1C(=O)[C@@H]2[C@H](c3cccc(OCc4ccccc4)c3)c3sc(=O)[nH]c3S[C@@H]2C1=O. The van der Waals surface area contributed by atoms with Gasteiger partial charge in [0.05, 0.1) is 10.9 Å². The number of carbonyl (C=O) groups excluding carboxylic acids is 2. The molecule has 0 unspecified atom stereocenters. The molecule has 1 saturated heterocycles. The van der Waals surface area contributed by atoms with Crippen LogP contribution in [0.5, 0.6) is 5.75 Å². The number of fused-ring (bicyclic) bond motifs is 2. The quantitative estimate of drug-likeness (QED) is 0.519. The Hall–Kier alpha value is -3.37. The number of nitrogens with zero attached hydrogens (tertiary/aromatic N) is 1. The fourth-order valence-electron chi connectivity index (χ4n) is 4.26. The molecule has 0 saturated carbocycles. The minimum atomic E-state index is -1.25. The van der Waals surface area contributed by atoms with Gasteiger partial charge >= 0.3 is 10.8 Å². The smallest absolute Gasteiger partial charge is 0.323 e. The highest BCUT2D eigenvalue weighted by Crippen LogP contribution is 2.52. The largest absolute Gasteiger partial charge is 0.489 e. The van der Waals surface area contributed by atoms with E-state index < -0.39 is 41.4 Å². The minimum Gasteiger partial charge on any atom is -0.489 e. The molecule has 0 bridgehead atoms. The van der Waals surface area contributed by atoms with E-state index in [9.17, 15) is 24.3 Å². The Morgan fingerprint density at radius 1 is 1.06 bits per heavy atom. The van der Waals surface area contributed by atoms with Gasteiger partial charge < -0.3 is 14.8 Å². The van der Waals surface area contributed by atoms with Gasteiger partial charge in [-0.1, -0.05) is 65.6 Å². The van der Waals surface area contributed by atoms with Crippen molar-refractivity contribution in [1.82, 2.24) is 9.88 Å². The molecule has 2 aromatic carbocycles. The van der Waals surface area contributed by atoms with Crippen LogP contribution in [0, 0.1) is 5.92 Å². The number of likely N-dealkylation sites (tertiary alicyclic amines) is 1. The summed E-state index contributed by atoms with van der Waals surface area (Å²) < 4.78 is 5.94. The highest BCUT2D eigenvalue weighted by atomic mass is 32.2. The molecule has 0 radical (unpaired) electrons. The van der Waals surface area contributed by atoms with Gasteiger partial charge in [0.2, 0.25) is 11.8 Å². The molecule has 2 aliphatic rings. The van der Waals surface area contributed by atoms with Crippen LogP contribution in [0.1, 0.15) is 21.9 Å². The number of aliphatic carboxylic acids is 1. The number of amides is 2. The van der Waals surface area contributed by atoms with Crippen LogP contribution in [0.25, 0.3) is 0 Å². The summed E-state index contributed by atoms with van der Waals surface area (Å²) in [6.07, 6.45) is 0. The van der Waals surface area contributed by atoms with Gasteiger partial charge in [0.25, 0.3) is 0 Å². The van der Waals surface area contributed by atoms with Crippen molar-refractivity contribution in [3.05, 3.63) is 80.3 Å². The summed E-state index contributed by atoms with van der Waals surface area (Å²) in [4.78, 5) is 53.4. The Labute approximate surface area is 196 Å². The first-order chi connectivity index (χ1) is 15.9. The number of carbonyl (C=O) groups is 3. The zero-order valence-electron chi connectivity index (χ0n) is 17.1. The number of nitrogens with one attached hydrogen (secondary N) is 1. The summed E-state index contributed by atoms with van der Waals surface area (Å²) in [5.41, 5.74) is 1.73. The second kappa shape index (κ2) is 8.53. The number of benzene rings is 2. The number of hydrogen-bond donors (Lipinski definition) is 2. The molecular formula is C23H18N2O6S2. The Balaban J connectivity index is 1.51. The molecule has 3 aromatic rings. The summed E-state index contributed by atoms with van der Waals surface area (Å²) in [6, 6.07) is 16.9. The van der Waals surface area contributed by atoms with Gasteiger partial charge in [-0.25, -0.2) is 0 Å². The fraction of sp³-hybridized carbons (Fsp3) is 0.217. The van der Waals surface area contributed by atoms with Gasteiger partial charge in [-0.3, -0.25) is 24.1 Å². The molecule has 1 fully saturated rings. The molecule has 2 amide bonds. The first kappa shape index (κ1) is 21.5. The summed E-state index contributed by atoms with van der Waals surface area (Å²) in [6.45, 7) is -0.314. The lowest BCUT2D eigenvalue weighted by atomic mass is 9.83. The Bertz CT molecular complexity index is 1300. The second-order valence-electron chi connectivity index (χ2n) is 7.75. The average molecular weight is 483 g/mol. The standard InChI is InChI=1S/C23H18N2O6S2/c26-15(27)10-25-21(28)17-16(18-20(24-23(30)33-18)32-19(17)22(25)29)13-7-4-8-14(9-13)31-11-12-5-2-1-3-6-12/h1-9,16-17,19H,10-11H2,(H,24,30)(H,26,27)/t16-,17+,19-/m0/s1. The summed E-state index contributed by atoms with van der Waals surface area (Å²) in [5, 5.41) is 8.92. The normalized spacial score (nSPS) is 21.6. The number of ether oxygens (including phenoxy) is 1.